The van der Waals surface area contributed by atoms with E-state index in [0.29, 0.717) is 11.8 Å². The van der Waals surface area contributed by atoms with Crippen molar-refractivity contribution in [3.05, 3.63) is 29.7 Å². The smallest absolute Gasteiger partial charge is 0.233 e. The fourth-order valence-electron chi connectivity index (χ4n) is 2.74. The largest absolute Gasteiger partial charge is 0.424 e. The van der Waals surface area contributed by atoms with Crippen LogP contribution in [0.5, 0.6) is 0 Å². The zero-order chi connectivity index (χ0) is 13.2. The number of hydrogen-bond donors (Lipinski definition) is 1. The maximum absolute atomic E-state index is 5.52. The van der Waals surface area contributed by atoms with Crippen molar-refractivity contribution in [2.75, 3.05) is 13.1 Å². The lowest BCUT2D eigenvalue weighted by atomic mass is 9.91. The second-order valence-electron chi connectivity index (χ2n) is 5.18. The summed E-state index contributed by atoms with van der Waals surface area (Å²) in [4.78, 5) is 2.41. The quantitative estimate of drug-likeness (QED) is 0.915. The van der Waals surface area contributed by atoms with E-state index in [-0.39, 0.29) is 6.04 Å². The number of likely N-dealkylation sites (tertiary alicyclic amines) is 1. The van der Waals surface area contributed by atoms with Crippen molar-refractivity contribution >= 4 is 0 Å². The molecule has 1 N–H and O–H groups in total. The van der Waals surface area contributed by atoms with Gasteiger partial charge in [0.25, 0.3) is 0 Å². The first-order valence-electron chi connectivity index (χ1n) is 6.77. The van der Waals surface area contributed by atoms with Crippen molar-refractivity contribution in [2.45, 2.75) is 38.6 Å². The Balaban J connectivity index is 1.61. The average molecular weight is 261 g/mol. The average Bonchev–Trinajstić information content (AvgIpc) is 3.09. The van der Waals surface area contributed by atoms with Gasteiger partial charge in [-0.2, -0.15) is 5.10 Å². The van der Waals surface area contributed by atoms with Crippen molar-refractivity contribution in [3.8, 4) is 0 Å². The van der Waals surface area contributed by atoms with Gasteiger partial charge in [0.2, 0.25) is 11.8 Å². The standard InChI is InChI=1S/C13H19N5O/c1-9(13-17-16-10(2)19-13)18-5-3-11(4-6-18)12-7-14-15-8-12/h7-9,11H,3-6H2,1-2H3,(H,14,15)/t9-/m1/s1. The molecule has 3 heterocycles. The number of aromatic nitrogens is 4. The molecule has 0 saturated carbocycles. The lowest BCUT2D eigenvalue weighted by molar-refractivity contribution is 0.142. The molecule has 0 bridgehead atoms. The Kier molecular flexibility index (Phi) is 3.33. The molecule has 19 heavy (non-hydrogen) atoms. The van der Waals surface area contributed by atoms with Crippen LogP contribution in [-0.2, 0) is 0 Å². The van der Waals surface area contributed by atoms with Gasteiger partial charge in [-0.05, 0) is 44.3 Å². The van der Waals surface area contributed by atoms with E-state index in [0.717, 1.165) is 31.8 Å². The molecule has 3 rings (SSSR count). The van der Waals surface area contributed by atoms with Crippen LogP contribution in [0.3, 0.4) is 0 Å². The van der Waals surface area contributed by atoms with Gasteiger partial charge >= 0.3 is 0 Å². The lowest BCUT2D eigenvalue weighted by Gasteiger charge is -2.34. The van der Waals surface area contributed by atoms with Gasteiger partial charge in [0.05, 0.1) is 12.2 Å². The maximum atomic E-state index is 5.52. The molecule has 6 nitrogen and oxygen atoms in total. The summed E-state index contributed by atoms with van der Waals surface area (Å²) in [5, 5.41) is 14.9. The second kappa shape index (κ2) is 5.13. The van der Waals surface area contributed by atoms with Gasteiger partial charge in [0.15, 0.2) is 0 Å². The van der Waals surface area contributed by atoms with Gasteiger partial charge in [-0.1, -0.05) is 0 Å². The Bertz CT molecular complexity index is 513. The minimum Gasteiger partial charge on any atom is -0.424 e. The summed E-state index contributed by atoms with van der Waals surface area (Å²) < 4.78 is 5.52. The molecule has 0 unspecified atom stereocenters. The van der Waals surface area contributed by atoms with Gasteiger partial charge in [-0.3, -0.25) is 10.00 Å². The van der Waals surface area contributed by atoms with Crippen LogP contribution < -0.4 is 0 Å². The molecule has 6 heteroatoms. The van der Waals surface area contributed by atoms with E-state index < -0.39 is 0 Å². The van der Waals surface area contributed by atoms with Gasteiger partial charge in [-0.25, -0.2) is 0 Å². The highest BCUT2D eigenvalue weighted by molar-refractivity contribution is 5.11. The second-order valence-corrected chi connectivity index (χ2v) is 5.18. The first-order chi connectivity index (χ1) is 9.24. The van der Waals surface area contributed by atoms with Crippen LogP contribution in [-0.4, -0.2) is 38.4 Å². The fraction of sp³-hybridized carbons (Fsp3) is 0.615. The van der Waals surface area contributed by atoms with Crippen LogP contribution in [0.2, 0.25) is 0 Å². The molecule has 2 aromatic heterocycles. The maximum Gasteiger partial charge on any atom is 0.233 e. The molecule has 1 saturated heterocycles. The minimum absolute atomic E-state index is 0.200. The summed E-state index contributed by atoms with van der Waals surface area (Å²) in [5.41, 5.74) is 1.32. The van der Waals surface area contributed by atoms with Crippen molar-refractivity contribution < 1.29 is 4.42 Å². The van der Waals surface area contributed by atoms with Crippen LogP contribution in [0, 0.1) is 6.92 Å². The SMILES string of the molecule is Cc1nnc([C@@H](C)N2CCC(c3cn[nH]c3)CC2)o1. The Hall–Kier alpha value is -1.69. The van der Waals surface area contributed by atoms with E-state index >= 15 is 0 Å². The highest BCUT2D eigenvalue weighted by atomic mass is 16.4. The highest BCUT2D eigenvalue weighted by Crippen LogP contribution is 2.31. The molecule has 0 radical (unpaired) electrons. The molecule has 1 aliphatic heterocycles. The number of H-pyrrole nitrogens is 1. The molecule has 0 aromatic carbocycles. The number of hydrogen-bond acceptors (Lipinski definition) is 5. The zero-order valence-corrected chi connectivity index (χ0v) is 11.3. The molecule has 0 aliphatic carbocycles. The van der Waals surface area contributed by atoms with E-state index in [4.69, 9.17) is 4.42 Å². The lowest BCUT2D eigenvalue weighted by Crippen LogP contribution is -2.35. The highest BCUT2D eigenvalue weighted by Gasteiger charge is 2.27. The normalized spacial score (nSPS) is 19.7. The van der Waals surface area contributed by atoms with Crippen molar-refractivity contribution in [3.63, 3.8) is 0 Å². The summed E-state index contributed by atoms with van der Waals surface area (Å²) >= 11 is 0. The molecule has 102 valence electrons. The van der Waals surface area contributed by atoms with E-state index in [9.17, 15) is 0 Å². The fourth-order valence-corrected chi connectivity index (χ4v) is 2.74. The van der Waals surface area contributed by atoms with E-state index in [2.05, 4.69) is 32.2 Å². The third kappa shape index (κ3) is 2.53. The van der Waals surface area contributed by atoms with Crippen LogP contribution in [0.15, 0.2) is 16.8 Å². The van der Waals surface area contributed by atoms with Crippen LogP contribution in [0.4, 0.5) is 0 Å². The Morgan fingerprint density at radius 2 is 2.16 bits per heavy atom. The predicted octanol–water partition coefficient (Wildman–Crippen LogP) is 2.04. The first-order valence-corrected chi connectivity index (χ1v) is 6.77. The summed E-state index contributed by atoms with van der Waals surface area (Å²) in [7, 11) is 0. The van der Waals surface area contributed by atoms with Gasteiger partial charge in [-0.15, -0.1) is 10.2 Å². The van der Waals surface area contributed by atoms with Crippen LogP contribution in [0.25, 0.3) is 0 Å². The van der Waals surface area contributed by atoms with Crippen LogP contribution >= 0.6 is 0 Å². The third-order valence-corrected chi connectivity index (χ3v) is 3.97. The molecular formula is C13H19N5O. The van der Waals surface area contributed by atoms with Crippen molar-refractivity contribution in [2.24, 2.45) is 0 Å². The molecule has 0 spiro atoms. The molecule has 1 fully saturated rings. The minimum atomic E-state index is 0.200. The monoisotopic (exact) mass is 261 g/mol. The molecular weight excluding hydrogens is 242 g/mol. The summed E-state index contributed by atoms with van der Waals surface area (Å²) in [6.45, 7) is 6.07. The van der Waals surface area contributed by atoms with Gasteiger partial charge < -0.3 is 4.42 Å². The summed E-state index contributed by atoms with van der Waals surface area (Å²) in [6.07, 6.45) is 6.24. The predicted molar refractivity (Wildman–Crippen MR) is 69.6 cm³/mol. The number of nitrogens with zero attached hydrogens (tertiary/aromatic N) is 4. The topological polar surface area (TPSA) is 70.8 Å². The molecule has 0 amide bonds. The molecule has 1 atom stereocenters. The Labute approximate surface area is 112 Å². The van der Waals surface area contributed by atoms with Crippen molar-refractivity contribution in [1.29, 1.82) is 0 Å². The molecule has 2 aromatic rings. The Morgan fingerprint density at radius 1 is 1.37 bits per heavy atom. The van der Waals surface area contributed by atoms with Crippen molar-refractivity contribution in [1.82, 2.24) is 25.3 Å². The third-order valence-electron chi connectivity index (χ3n) is 3.97. The first kappa shape index (κ1) is 12.3. The van der Waals surface area contributed by atoms with Gasteiger partial charge in [0.1, 0.15) is 0 Å². The van der Waals surface area contributed by atoms with Crippen LogP contribution in [0.1, 0.15) is 49.1 Å². The summed E-state index contributed by atoms with van der Waals surface area (Å²) in [6, 6.07) is 0.200. The van der Waals surface area contributed by atoms with Gasteiger partial charge in [0, 0.05) is 13.1 Å². The number of rotatable bonds is 3. The number of aromatic amines is 1. The number of piperidine rings is 1. The Morgan fingerprint density at radius 3 is 2.74 bits per heavy atom. The van der Waals surface area contributed by atoms with E-state index in [1.54, 1.807) is 0 Å². The molecule has 1 aliphatic rings. The number of nitrogens with one attached hydrogen (secondary N) is 1. The zero-order valence-electron chi connectivity index (χ0n) is 11.3. The number of aryl methyl sites for hydroxylation is 1. The van der Waals surface area contributed by atoms with E-state index in [1.807, 2.05) is 19.3 Å². The van der Waals surface area contributed by atoms with E-state index in [1.165, 1.54) is 5.56 Å². The summed E-state index contributed by atoms with van der Waals surface area (Å²) in [5.74, 6) is 1.97.